The molecule has 6 heteroatoms. The minimum Gasteiger partial charge on any atom is -0.245 e. The van der Waals surface area contributed by atoms with Gasteiger partial charge in [0, 0.05) is 57.8 Å². The predicted octanol–water partition coefficient (Wildman–Crippen LogP) is 9.76. The van der Waals surface area contributed by atoms with Gasteiger partial charge >= 0.3 is 0 Å². The third-order valence-electron chi connectivity index (χ3n) is 11.7. The molecule has 2 saturated carbocycles. The van der Waals surface area contributed by atoms with Crippen LogP contribution in [-0.4, -0.2) is 29.9 Å². The fourth-order valence-corrected chi connectivity index (χ4v) is 9.66. The van der Waals surface area contributed by atoms with Crippen molar-refractivity contribution in [3.63, 3.8) is 0 Å². The second kappa shape index (κ2) is 10.1. The maximum Gasteiger partial charge on any atom is 0.159 e. The summed E-state index contributed by atoms with van der Waals surface area (Å²) in [6, 6.07) is 25.1. The summed E-state index contributed by atoms with van der Waals surface area (Å²) < 4.78 is 0. The molecule has 7 aromatic rings. The first-order valence-corrected chi connectivity index (χ1v) is 17.4. The van der Waals surface area contributed by atoms with Crippen LogP contribution in [0.1, 0.15) is 84.5 Å². The Bertz CT molecular complexity index is 2230. The fourth-order valence-electron chi connectivity index (χ4n) is 9.66. The number of rotatable bonds is 4. The van der Waals surface area contributed by atoms with E-state index in [0.29, 0.717) is 23.7 Å². The van der Waals surface area contributed by atoms with Crippen molar-refractivity contribution < 1.29 is 0 Å². The van der Waals surface area contributed by atoms with Gasteiger partial charge in [0.15, 0.2) is 11.6 Å². The predicted molar refractivity (Wildman–Crippen MR) is 189 cm³/mol. The van der Waals surface area contributed by atoms with Gasteiger partial charge in [-0.15, -0.1) is 0 Å². The average molecular weight is 621 g/mol. The van der Waals surface area contributed by atoms with Gasteiger partial charge in [0.05, 0.1) is 22.4 Å². The summed E-state index contributed by atoms with van der Waals surface area (Å²) in [5.74, 6) is 3.70. The summed E-state index contributed by atoms with van der Waals surface area (Å²) in [6.45, 7) is 0. The van der Waals surface area contributed by atoms with Crippen LogP contribution in [0.15, 0.2) is 97.6 Å². The molecular weight excluding hydrogens is 589 g/mol. The van der Waals surface area contributed by atoms with Crippen LogP contribution in [0.3, 0.4) is 0 Å². The third-order valence-corrected chi connectivity index (χ3v) is 11.7. The monoisotopic (exact) mass is 620 g/mol. The first kappa shape index (κ1) is 26.7. The number of aromatic nitrogens is 6. The molecule has 2 fully saturated rings. The molecule has 0 aliphatic heterocycles. The molecule has 4 unspecified atom stereocenters. The maximum atomic E-state index is 5.57. The van der Waals surface area contributed by atoms with Gasteiger partial charge in [-0.3, -0.25) is 0 Å². The van der Waals surface area contributed by atoms with E-state index in [1.807, 2.05) is 61.2 Å². The summed E-state index contributed by atoms with van der Waals surface area (Å²) >= 11 is 0. The molecule has 0 saturated heterocycles. The number of pyridine rings is 2. The summed E-state index contributed by atoms with van der Waals surface area (Å²) in [7, 11) is 0. The number of hydrogen-bond acceptors (Lipinski definition) is 6. The number of nitrogens with zero attached hydrogens (tertiary/aromatic N) is 6. The van der Waals surface area contributed by atoms with Crippen molar-refractivity contribution in [1.82, 2.24) is 29.9 Å². The molecule has 0 radical (unpaired) electrons. The molecule has 4 atom stereocenters. The van der Waals surface area contributed by atoms with Crippen molar-refractivity contribution in [2.75, 3.05) is 0 Å². The summed E-state index contributed by atoms with van der Waals surface area (Å²) in [4.78, 5) is 30.5. The average Bonchev–Trinajstić information content (AvgIpc) is 3.98. The number of fused-ring (bicyclic) bond motifs is 15. The Kier molecular flexibility index (Phi) is 5.60. The molecule has 6 nitrogen and oxygen atoms in total. The van der Waals surface area contributed by atoms with E-state index in [1.165, 1.54) is 71.6 Å². The van der Waals surface area contributed by atoms with Crippen molar-refractivity contribution in [2.24, 2.45) is 0 Å². The molecule has 11 rings (SSSR count). The second-order valence-electron chi connectivity index (χ2n) is 14.2. The van der Waals surface area contributed by atoms with Crippen LogP contribution < -0.4 is 0 Å². The van der Waals surface area contributed by atoms with Crippen molar-refractivity contribution in [1.29, 1.82) is 0 Å². The first-order chi connectivity index (χ1) is 23.8. The normalized spacial score (nSPS) is 21.7. The Labute approximate surface area is 278 Å². The molecule has 0 amide bonds. The molecule has 4 aliphatic carbocycles. The van der Waals surface area contributed by atoms with Gasteiger partial charge in [-0.1, -0.05) is 72.8 Å². The van der Waals surface area contributed by atoms with Gasteiger partial charge < -0.3 is 0 Å². The Hall–Kier alpha value is -5.36. The molecule has 4 heterocycles. The maximum absolute atomic E-state index is 5.57. The molecule has 4 aliphatic rings. The van der Waals surface area contributed by atoms with Gasteiger partial charge in [0.1, 0.15) is 0 Å². The highest BCUT2D eigenvalue weighted by Crippen LogP contribution is 2.60. The van der Waals surface area contributed by atoms with Gasteiger partial charge in [-0.2, -0.15) is 0 Å². The lowest BCUT2D eigenvalue weighted by Gasteiger charge is -2.24. The minimum absolute atomic E-state index is 0.543. The quantitative estimate of drug-likeness (QED) is 0.182. The van der Waals surface area contributed by atoms with Gasteiger partial charge in [0.25, 0.3) is 0 Å². The Morgan fingerprint density at radius 2 is 0.771 bits per heavy atom. The van der Waals surface area contributed by atoms with Gasteiger partial charge in [-0.05, 0) is 84.5 Å². The van der Waals surface area contributed by atoms with Crippen molar-refractivity contribution in [3.05, 3.63) is 120 Å². The Balaban J connectivity index is 1.14. The highest BCUT2D eigenvalue weighted by molar-refractivity contribution is 6.08. The van der Waals surface area contributed by atoms with Gasteiger partial charge in [-0.25, -0.2) is 29.9 Å². The van der Waals surface area contributed by atoms with E-state index >= 15 is 0 Å². The van der Waals surface area contributed by atoms with Crippen LogP contribution in [-0.2, 0) is 0 Å². The largest absolute Gasteiger partial charge is 0.245 e. The van der Waals surface area contributed by atoms with Crippen LogP contribution in [0.2, 0.25) is 0 Å². The molecule has 48 heavy (non-hydrogen) atoms. The third kappa shape index (κ3) is 3.80. The van der Waals surface area contributed by atoms with Crippen LogP contribution in [0.5, 0.6) is 0 Å². The van der Waals surface area contributed by atoms with Crippen molar-refractivity contribution >= 4 is 21.8 Å². The lowest BCUT2D eigenvalue weighted by Crippen LogP contribution is -2.08. The zero-order valence-electron chi connectivity index (χ0n) is 26.5. The minimum atomic E-state index is 0.543. The number of hydrogen-bond donors (Lipinski definition) is 0. The lowest BCUT2D eigenvalue weighted by atomic mass is 9.84. The van der Waals surface area contributed by atoms with E-state index in [4.69, 9.17) is 29.9 Å². The van der Waals surface area contributed by atoms with Crippen LogP contribution >= 0.6 is 0 Å². The molecule has 0 spiro atoms. The van der Waals surface area contributed by atoms with E-state index in [2.05, 4.69) is 36.4 Å². The highest BCUT2D eigenvalue weighted by Gasteiger charge is 2.43. The van der Waals surface area contributed by atoms with Crippen molar-refractivity contribution in [2.45, 2.75) is 62.2 Å². The van der Waals surface area contributed by atoms with Crippen LogP contribution in [0, 0.1) is 0 Å². The highest BCUT2D eigenvalue weighted by atomic mass is 14.9. The van der Waals surface area contributed by atoms with E-state index in [1.54, 1.807) is 0 Å². The molecule has 4 aromatic heterocycles. The fraction of sp³-hybridized carbons (Fsp3) is 0.238. The Morgan fingerprint density at radius 1 is 0.396 bits per heavy atom. The topological polar surface area (TPSA) is 77.3 Å². The Morgan fingerprint density at radius 3 is 1.17 bits per heavy atom. The zero-order chi connectivity index (χ0) is 31.3. The first-order valence-electron chi connectivity index (χ1n) is 17.4. The van der Waals surface area contributed by atoms with E-state index < -0.39 is 0 Å². The van der Waals surface area contributed by atoms with E-state index in [0.717, 1.165) is 56.3 Å². The zero-order valence-corrected chi connectivity index (χ0v) is 26.5. The van der Waals surface area contributed by atoms with E-state index in [-0.39, 0.29) is 0 Å². The second-order valence-corrected chi connectivity index (χ2v) is 14.2. The smallest absolute Gasteiger partial charge is 0.159 e. The molecular formula is C42H32N6. The molecule has 230 valence electrons. The number of benzene rings is 3. The van der Waals surface area contributed by atoms with Crippen LogP contribution in [0.25, 0.3) is 67.1 Å². The summed E-state index contributed by atoms with van der Waals surface area (Å²) in [6.07, 6.45) is 15.3. The molecule has 0 N–H and O–H groups in total. The van der Waals surface area contributed by atoms with E-state index in [9.17, 15) is 0 Å². The summed E-state index contributed by atoms with van der Waals surface area (Å²) in [5.41, 5.74) is 13.9. The summed E-state index contributed by atoms with van der Waals surface area (Å²) in [5, 5.41) is 2.54. The standard InChI is InChI=1S/C42H32N6/c1-3-7-23(8-4-1)41-43-19-29(20-44-41)37-35-27-13-11-25(17-27)33(35)31-15-16-32-34-26-12-14-28(18-26)36(34)38(48-40(32)39(31)47-37)30-21-45-42(46-22-30)24-9-5-2-6-10-24/h1-10,15-16,19-22,25-28H,11-14,17-18H2. The van der Waals surface area contributed by atoms with Crippen LogP contribution in [0.4, 0.5) is 0 Å². The molecule has 3 aromatic carbocycles. The lowest BCUT2D eigenvalue weighted by molar-refractivity contribution is 0.719. The van der Waals surface area contributed by atoms with Gasteiger partial charge in [0.2, 0.25) is 0 Å². The molecule has 4 bridgehead atoms. The van der Waals surface area contributed by atoms with Crippen molar-refractivity contribution in [3.8, 4) is 45.3 Å². The SMILES string of the molecule is c1ccc(-c2ncc(-c3nc4c(ccc5c6c(c(-c7cnc(-c8ccccc8)nc7)nc54)C4CCC6C4)c4c3C3CCC4C3)cn2)cc1.